The van der Waals surface area contributed by atoms with Gasteiger partial charge in [-0.1, -0.05) is 23.7 Å². The van der Waals surface area contributed by atoms with E-state index in [2.05, 4.69) is 10.5 Å². The maximum Gasteiger partial charge on any atom is 0.304 e. The molecule has 0 bridgehead atoms. The molecule has 1 amide bonds. The van der Waals surface area contributed by atoms with E-state index in [4.69, 9.17) is 21.9 Å². The Labute approximate surface area is 127 Å². The van der Waals surface area contributed by atoms with E-state index in [1.54, 1.807) is 31.2 Å². The summed E-state index contributed by atoms with van der Waals surface area (Å²) < 4.78 is 0. The fraction of sp³-hybridized carbons (Fsp3) is 0.357. The first-order chi connectivity index (χ1) is 9.93. The normalized spacial score (nSPS) is 13.8. The molecule has 21 heavy (non-hydrogen) atoms. The van der Waals surface area contributed by atoms with Gasteiger partial charge in [0, 0.05) is 17.5 Å². The molecule has 3 N–H and O–H groups in total. The lowest BCUT2D eigenvalue weighted by atomic mass is 9.95. The lowest BCUT2D eigenvalue weighted by molar-refractivity contribution is -0.137. The van der Waals surface area contributed by atoms with Crippen molar-refractivity contribution in [2.75, 3.05) is 6.54 Å². The Morgan fingerprint density at radius 1 is 1.38 bits per heavy atom. The highest BCUT2D eigenvalue weighted by Crippen LogP contribution is 2.21. The van der Waals surface area contributed by atoms with E-state index >= 15 is 0 Å². The second-order valence-corrected chi connectivity index (χ2v) is 5.08. The zero-order chi connectivity index (χ0) is 15.8. The van der Waals surface area contributed by atoms with E-state index in [0.717, 1.165) is 11.8 Å². The minimum absolute atomic E-state index is 0.107. The number of carboxylic acid groups (broad SMARTS) is 1. The highest BCUT2D eigenvalue weighted by molar-refractivity contribution is 6.30. The van der Waals surface area contributed by atoms with Crippen molar-refractivity contribution in [2.24, 2.45) is 11.1 Å². The number of hydrogen-bond donors (Lipinski definition) is 3. The summed E-state index contributed by atoms with van der Waals surface area (Å²) in [4.78, 5) is 22.7. The number of halogens is 1. The number of carbonyl (C=O) groups is 2. The average molecular weight is 313 g/mol. The van der Waals surface area contributed by atoms with Gasteiger partial charge in [-0.3, -0.25) is 9.59 Å². The molecular formula is C14H17ClN2O4. The number of nitrogens with zero attached hydrogens (tertiary/aromatic N) is 1. The van der Waals surface area contributed by atoms with Crippen LogP contribution in [-0.4, -0.2) is 34.9 Å². The number of rotatable bonds is 7. The number of carbonyl (C=O) groups excluding carboxylic acids is 1. The summed E-state index contributed by atoms with van der Waals surface area (Å²) in [6.45, 7) is 1.75. The zero-order valence-corrected chi connectivity index (χ0v) is 12.2. The smallest absolute Gasteiger partial charge is 0.304 e. The monoisotopic (exact) mass is 312 g/mol. The Kier molecular flexibility index (Phi) is 6.68. The van der Waals surface area contributed by atoms with Crippen LogP contribution in [0.2, 0.25) is 5.02 Å². The Hall–Kier alpha value is -2.08. The van der Waals surface area contributed by atoms with Gasteiger partial charge in [-0.15, -0.1) is 5.16 Å². The molecule has 0 heterocycles. The van der Waals surface area contributed by atoms with Gasteiger partial charge in [0.05, 0.1) is 18.6 Å². The van der Waals surface area contributed by atoms with Crippen LogP contribution < -0.4 is 5.32 Å². The standard InChI is InChI=1S/C14H17ClN2O4/c1-9(7-17-21)14(20)16-8-11(6-13(18)19)10-2-4-12(15)5-3-10/h2-5,7,9,11,21H,6,8H2,1H3,(H,16,20)(H,18,19)/t9-,11?/m1/s1. The van der Waals surface area contributed by atoms with Gasteiger partial charge in [0.15, 0.2) is 0 Å². The third-order valence-corrected chi connectivity index (χ3v) is 3.24. The van der Waals surface area contributed by atoms with Crippen molar-refractivity contribution >= 4 is 29.7 Å². The van der Waals surface area contributed by atoms with E-state index in [-0.39, 0.29) is 24.8 Å². The van der Waals surface area contributed by atoms with Crippen LogP contribution in [0.5, 0.6) is 0 Å². The van der Waals surface area contributed by atoms with Crippen LogP contribution in [0.25, 0.3) is 0 Å². The first-order valence-electron chi connectivity index (χ1n) is 6.36. The summed E-state index contributed by atoms with van der Waals surface area (Å²) >= 11 is 5.80. The van der Waals surface area contributed by atoms with Crippen molar-refractivity contribution in [1.29, 1.82) is 0 Å². The van der Waals surface area contributed by atoms with Gasteiger partial charge in [-0.05, 0) is 24.6 Å². The molecule has 2 atom stereocenters. The summed E-state index contributed by atoms with van der Waals surface area (Å²) in [5.74, 6) is -2.24. The molecule has 7 heteroatoms. The quantitative estimate of drug-likeness (QED) is 0.408. The third kappa shape index (κ3) is 5.83. The molecule has 0 saturated carbocycles. The second kappa shape index (κ2) is 8.26. The molecule has 0 aliphatic heterocycles. The molecule has 1 unspecified atom stereocenters. The fourth-order valence-corrected chi connectivity index (χ4v) is 1.93. The maximum absolute atomic E-state index is 11.7. The molecule has 0 aliphatic rings. The number of aliphatic carboxylic acids is 1. The first kappa shape index (κ1) is 17.0. The van der Waals surface area contributed by atoms with Crippen LogP contribution in [-0.2, 0) is 9.59 Å². The highest BCUT2D eigenvalue weighted by atomic mass is 35.5. The lowest BCUT2D eigenvalue weighted by Gasteiger charge is -2.17. The minimum Gasteiger partial charge on any atom is -0.481 e. The van der Waals surface area contributed by atoms with E-state index in [9.17, 15) is 9.59 Å². The second-order valence-electron chi connectivity index (χ2n) is 4.64. The van der Waals surface area contributed by atoms with Gasteiger partial charge < -0.3 is 15.6 Å². The Morgan fingerprint density at radius 2 is 2.00 bits per heavy atom. The summed E-state index contributed by atoms with van der Waals surface area (Å²) in [6, 6.07) is 6.82. The topological polar surface area (TPSA) is 99.0 Å². The number of amides is 1. The van der Waals surface area contributed by atoms with Gasteiger partial charge >= 0.3 is 5.97 Å². The number of carboxylic acids is 1. The Balaban J connectivity index is 2.73. The zero-order valence-electron chi connectivity index (χ0n) is 11.5. The predicted octanol–water partition coefficient (Wildman–Crippen LogP) is 2.11. The van der Waals surface area contributed by atoms with Crippen LogP contribution >= 0.6 is 11.6 Å². The van der Waals surface area contributed by atoms with Crippen molar-refractivity contribution in [2.45, 2.75) is 19.3 Å². The van der Waals surface area contributed by atoms with Gasteiger partial charge in [0.25, 0.3) is 0 Å². The molecule has 0 fully saturated rings. The molecule has 0 spiro atoms. The predicted molar refractivity (Wildman–Crippen MR) is 78.9 cm³/mol. The van der Waals surface area contributed by atoms with Gasteiger partial charge in [0.2, 0.25) is 5.91 Å². The van der Waals surface area contributed by atoms with Crippen LogP contribution in [0.1, 0.15) is 24.8 Å². The summed E-state index contributed by atoms with van der Waals surface area (Å²) in [6.07, 6.45) is 0.994. The molecule has 0 aliphatic carbocycles. The van der Waals surface area contributed by atoms with Crippen LogP contribution in [0.4, 0.5) is 0 Å². The fourth-order valence-electron chi connectivity index (χ4n) is 1.81. The van der Waals surface area contributed by atoms with Crippen molar-refractivity contribution < 1.29 is 19.9 Å². The van der Waals surface area contributed by atoms with Gasteiger partial charge in [-0.2, -0.15) is 0 Å². The van der Waals surface area contributed by atoms with Crippen molar-refractivity contribution in [3.8, 4) is 0 Å². The third-order valence-electron chi connectivity index (χ3n) is 2.99. The van der Waals surface area contributed by atoms with Crippen LogP contribution in [0, 0.1) is 5.92 Å². The average Bonchev–Trinajstić information content (AvgIpc) is 2.44. The highest BCUT2D eigenvalue weighted by Gasteiger charge is 2.18. The lowest BCUT2D eigenvalue weighted by Crippen LogP contribution is -2.34. The molecule has 1 aromatic carbocycles. The number of benzene rings is 1. The van der Waals surface area contributed by atoms with E-state index in [1.165, 1.54) is 0 Å². The molecule has 0 saturated heterocycles. The number of nitrogens with one attached hydrogen (secondary N) is 1. The molecule has 1 rings (SSSR count). The number of hydrogen-bond acceptors (Lipinski definition) is 4. The van der Waals surface area contributed by atoms with Gasteiger partial charge in [-0.25, -0.2) is 0 Å². The van der Waals surface area contributed by atoms with E-state index < -0.39 is 11.9 Å². The van der Waals surface area contributed by atoms with Crippen LogP contribution in [0.15, 0.2) is 29.4 Å². The van der Waals surface area contributed by atoms with E-state index in [0.29, 0.717) is 5.02 Å². The molecule has 0 aromatic heterocycles. The largest absolute Gasteiger partial charge is 0.481 e. The SMILES string of the molecule is C[C@H](C=NO)C(=O)NCC(CC(=O)O)c1ccc(Cl)cc1. The molecule has 1 aromatic rings. The molecule has 0 radical (unpaired) electrons. The van der Waals surface area contributed by atoms with Crippen molar-refractivity contribution in [3.63, 3.8) is 0 Å². The Bertz CT molecular complexity index is 516. The molecular weight excluding hydrogens is 296 g/mol. The number of oxime groups is 1. The van der Waals surface area contributed by atoms with E-state index in [1.807, 2.05) is 0 Å². The molecule has 114 valence electrons. The summed E-state index contributed by atoms with van der Waals surface area (Å²) in [5.41, 5.74) is 0.783. The summed E-state index contributed by atoms with van der Waals surface area (Å²) in [5, 5.41) is 23.4. The maximum atomic E-state index is 11.7. The Morgan fingerprint density at radius 3 is 2.52 bits per heavy atom. The summed E-state index contributed by atoms with van der Waals surface area (Å²) in [7, 11) is 0. The van der Waals surface area contributed by atoms with Crippen molar-refractivity contribution in [3.05, 3.63) is 34.9 Å². The van der Waals surface area contributed by atoms with Gasteiger partial charge in [0.1, 0.15) is 0 Å². The van der Waals surface area contributed by atoms with Crippen LogP contribution in [0.3, 0.4) is 0 Å². The first-order valence-corrected chi connectivity index (χ1v) is 6.74. The molecule has 6 nitrogen and oxygen atoms in total. The van der Waals surface area contributed by atoms with Crippen molar-refractivity contribution in [1.82, 2.24) is 5.32 Å². The minimum atomic E-state index is -0.950.